The smallest absolute Gasteiger partial charge is 0.216 e. The van der Waals surface area contributed by atoms with Gasteiger partial charge < -0.3 is 9.30 Å². The number of aliphatic imine (C=N–C) groups is 1. The van der Waals surface area contributed by atoms with Gasteiger partial charge in [-0.2, -0.15) is 0 Å². The first-order valence-corrected chi connectivity index (χ1v) is 16.8. The van der Waals surface area contributed by atoms with Crippen molar-refractivity contribution < 1.29 is 4.74 Å². The Hall–Kier alpha value is -4.70. The summed E-state index contributed by atoms with van der Waals surface area (Å²) in [7, 11) is 0. The van der Waals surface area contributed by atoms with Crippen molar-refractivity contribution in [3.63, 3.8) is 0 Å². The number of ether oxygens (including phenoxy) is 1. The fourth-order valence-corrected chi connectivity index (χ4v) is 7.43. The van der Waals surface area contributed by atoms with Gasteiger partial charge in [-0.1, -0.05) is 101 Å². The van der Waals surface area contributed by atoms with E-state index in [-0.39, 0.29) is 11.5 Å². The second kappa shape index (κ2) is 11.6. The first-order chi connectivity index (χ1) is 22.4. The Morgan fingerprint density at radius 3 is 2.26 bits per heavy atom. The van der Waals surface area contributed by atoms with Crippen LogP contribution in [0.25, 0.3) is 49.9 Å². The zero-order valence-electron chi connectivity index (χ0n) is 27.0. The average molecular weight is 604 g/mol. The van der Waals surface area contributed by atoms with Gasteiger partial charge in [0.2, 0.25) is 5.90 Å². The molecule has 0 amide bonds. The van der Waals surface area contributed by atoms with Crippen molar-refractivity contribution in [2.75, 3.05) is 6.61 Å². The Kier molecular flexibility index (Phi) is 7.24. The van der Waals surface area contributed by atoms with E-state index in [1.807, 2.05) is 6.20 Å². The number of hydrogen-bond acceptors (Lipinski definition) is 3. The van der Waals surface area contributed by atoms with Gasteiger partial charge in [0.1, 0.15) is 6.61 Å². The summed E-state index contributed by atoms with van der Waals surface area (Å²) in [4.78, 5) is 10.0. The lowest BCUT2D eigenvalue weighted by Gasteiger charge is -2.24. The van der Waals surface area contributed by atoms with Crippen molar-refractivity contribution in [2.24, 2.45) is 10.9 Å². The second-order valence-electron chi connectivity index (χ2n) is 14.1. The Morgan fingerprint density at radius 1 is 0.674 bits per heavy atom. The van der Waals surface area contributed by atoms with Crippen LogP contribution >= 0.6 is 0 Å². The molecule has 1 aliphatic heterocycles. The topological polar surface area (TPSA) is 39.4 Å². The molecular weight excluding hydrogens is 562 g/mol. The van der Waals surface area contributed by atoms with Gasteiger partial charge >= 0.3 is 0 Å². The highest BCUT2D eigenvalue weighted by molar-refractivity contribution is 6.10. The maximum Gasteiger partial charge on any atom is 0.216 e. The van der Waals surface area contributed by atoms with Crippen molar-refractivity contribution in [3.05, 3.63) is 120 Å². The number of benzene rings is 4. The second-order valence-corrected chi connectivity index (χ2v) is 14.1. The summed E-state index contributed by atoms with van der Waals surface area (Å²) >= 11 is 0. The Labute approximate surface area is 271 Å². The van der Waals surface area contributed by atoms with Crippen LogP contribution < -0.4 is 0 Å². The molecule has 0 spiro atoms. The minimum Gasteiger partial charge on any atom is -0.475 e. The molecule has 2 aliphatic rings. The number of para-hydroxylation sites is 1. The summed E-state index contributed by atoms with van der Waals surface area (Å²) in [5, 5.41) is 2.46. The van der Waals surface area contributed by atoms with Gasteiger partial charge in [-0.05, 0) is 83.3 Å². The fraction of sp³-hybridized carbons (Fsp3) is 0.286. The largest absolute Gasteiger partial charge is 0.475 e. The normalized spacial score (nSPS) is 17.4. The van der Waals surface area contributed by atoms with Gasteiger partial charge in [-0.25, -0.2) is 4.99 Å². The lowest BCUT2D eigenvalue weighted by molar-refractivity contribution is 0.240. The summed E-state index contributed by atoms with van der Waals surface area (Å²) in [6.45, 7) is 7.44. The van der Waals surface area contributed by atoms with E-state index in [0.29, 0.717) is 12.5 Å². The van der Waals surface area contributed by atoms with Crippen LogP contribution in [0.5, 0.6) is 0 Å². The molecule has 0 bridgehead atoms. The molecular formula is C42H41N3O. The van der Waals surface area contributed by atoms with E-state index in [4.69, 9.17) is 14.7 Å². The van der Waals surface area contributed by atoms with E-state index >= 15 is 0 Å². The van der Waals surface area contributed by atoms with Gasteiger partial charge in [0.05, 0.1) is 22.8 Å². The molecule has 46 heavy (non-hydrogen) atoms. The maximum atomic E-state index is 6.39. The summed E-state index contributed by atoms with van der Waals surface area (Å²) in [5.41, 5.74) is 10.2. The van der Waals surface area contributed by atoms with E-state index in [1.54, 1.807) is 0 Å². The first kappa shape index (κ1) is 28.8. The number of nitrogens with zero attached hydrogens (tertiary/aromatic N) is 3. The SMILES string of the molecule is CC(C)(C)c1ccnc(-c2ccc3c4ccccc4n(-c4cc(C5=N[C@H](C6CCCCC6)CO5)cc(-c5ccccc5)c4)c3c2)c1. The lowest BCUT2D eigenvalue weighted by Crippen LogP contribution is -2.22. The van der Waals surface area contributed by atoms with Crippen molar-refractivity contribution in [3.8, 4) is 28.1 Å². The van der Waals surface area contributed by atoms with E-state index in [2.05, 4.69) is 128 Å². The molecule has 2 aromatic heterocycles. The van der Waals surface area contributed by atoms with Crippen LogP contribution in [-0.2, 0) is 10.2 Å². The molecule has 1 aliphatic carbocycles. The fourth-order valence-electron chi connectivity index (χ4n) is 7.43. The molecule has 230 valence electrons. The Balaban J connectivity index is 1.32. The predicted molar refractivity (Wildman–Crippen MR) is 191 cm³/mol. The molecule has 0 unspecified atom stereocenters. The number of rotatable bonds is 5. The molecule has 6 aromatic rings. The highest BCUT2D eigenvalue weighted by atomic mass is 16.5. The molecule has 1 fully saturated rings. The zero-order valence-corrected chi connectivity index (χ0v) is 27.0. The van der Waals surface area contributed by atoms with Crippen LogP contribution in [0.1, 0.15) is 64.0 Å². The average Bonchev–Trinajstić information content (AvgIpc) is 3.72. The van der Waals surface area contributed by atoms with E-state index in [0.717, 1.165) is 39.5 Å². The summed E-state index contributed by atoms with van der Waals surface area (Å²) in [5.74, 6) is 1.41. The minimum absolute atomic E-state index is 0.0476. The minimum atomic E-state index is 0.0476. The van der Waals surface area contributed by atoms with Crippen molar-refractivity contribution in [2.45, 2.75) is 64.3 Å². The van der Waals surface area contributed by atoms with Crippen LogP contribution in [0.4, 0.5) is 0 Å². The van der Waals surface area contributed by atoms with Crippen molar-refractivity contribution >= 4 is 27.7 Å². The third kappa shape index (κ3) is 5.30. The van der Waals surface area contributed by atoms with Gasteiger partial charge in [-0.3, -0.25) is 4.98 Å². The van der Waals surface area contributed by atoms with Crippen LogP contribution in [0.3, 0.4) is 0 Å². The van der Waals surface area contributed by atoms with Crippen molar-refractivity contribution in [1.29, 1.82) is 0 Å². The van der Waals surface area contributed by atoms with Gasteiger partial charge in [0.15, 0.2) is 0 Å². The third-order valence-electron chi connectivity index (χ3n) is 9.99. The molecule has 8 rings (SSSR count). The Morgan fingerprint density at radius 2 is 1.43 bits per heavy atom. The van der Waals surface area contributed by atoms with E-state index < -0.39 is 0 Å². The number of aromatic nitrogens is 2. The zero-order chi connectivity index (χ0) is 31.3. The highest BCUT2D eigenvalue weighted by Gasteiger charge is 2.30. The quantitative estimate of drug-likeness (QED) is 0.197. The van der Waals surface area contributed by atoms with Crippen LogP contribution in [0, 0.1) is 5.92 Å². The summed E-state index contributed by atoms with van der Waals surface area (Å²) in [6, 6.07) is 37.6. The van der Waals surface area contributed by atoms with Crippen molar-refractivity contribution in [1.82, 2.24) is 9.55 Å². The summed E-state index contributed by atoms with van der Waals surface area (Å²) < 4.78 is 8.80. The van der Waals surface area contributed by atoms with E-state index in [1.165, 1.54) is 59.5 Å². The molecule has 1 saturated carbocycles. The van der Waals surface area contributed by atoms with E-state index in [9.17, 15) is 0 Å². The number of hydrogen-bond donors (Lipinski definition) is 0. The lowest BCUT2D eigenvalue weighted by atomic mass is 9.84. The van der Waals surface area contributed by atoms with Gasteiger partial charge in [0.25, 0.3) is 0 Å². The highest BCUT2D eigenvalue weighted by Crippen LogP contribution is 2.37. The molecule has 0 radical (unpaired) electrons. The molecule has 0 saturated heterocycles. The molecule has 1 atom stereocenters. The third-order valence-corrected chi connectivity index (χ3v) is 9.99. The molecule has 4 nitrogen and oxygen atoms in total. The predicted octanol–water partition coefficient (Wildman–Crippen LogP) is 10.5. The summed E-state index contributed by atoms with van der Waals surface area (Å²) in [6.07, 6.45) is 8.43. The monoisotopic (exact) mass is 603 g/mol. The number of pyridine rings is 1. The molecule has 4 aromatic carbocycles. The van der Waals surface area contributed by atoms with Crippen LogP contribution in [-0.4, -0.2) is 28.1 Å². The van der Waals surface area contributed by atoms with Crippen LogP contribution in [0.2, 0.25) is 0 Å². The maximum absolute atomic E-state index is 6.39. The molecule has 4 heteroatoms. The van der Waals surface area contributed by atoms with Gasteiger partial charge in [-0.15, -0.1) is 0 Å². The Bertz CT molecular complexity index is 2080. The first-order valence-electron chi connectivity index (χ1n) is 16.8. The van der Waals surface area contributed by atoms with Crippen LogP contribution in [0.15, 0.2) is 114 Å². The molecule has 0 N–H and O–H groups in total. The molecule has 3 heterocycles. The standard InChI is InChI=1S/C42H41N3O/c1-42(2,3)33-20-21-43-37(26-33)30-18-19-36-35-16-10-11-17-39(35)45(40(36)25-30)34-23-31(28-12-6-4-7-13-28)22-32(24-34)41-44-38(27-46-41)29-14-8-5-9-15-29/h4,6-7,10-13,16-26,29,38H,5,8-9,14-15,27H2,1-3H3/t38-/m0/s1. The number of fused-ring (bicyclic) bond motifs is 3. The van der Waals surface area contributed by atoms with Gasteiger partial charge in [0, 0.05) is 33.8 Å².